The van der Waals surface area contributed by atoms with Crippen molar-refractivity contribution in [2.45, 2.75) is 51.7 Å². The van der Waals surface area contributed by atoms with Crippen LogP contribution in [0.2, 0.25) is 0 Å². The number of ether oxygens (including phenoxy) is 1. The lowest BCUT2D eigenvalue weighted by Gasteiger charge is -2.44. The van der Waals surface area contributed by atoms with Gasteiger partial charge in [-0.1, -0.05) is 12.1 Å². The van der Waals surface area contributed by atoms with E-state index in [1.165, 1.54) is 0 Å². The van der Waals surface area contributed by atoms with Gasteiger partial charge in [-0.25, -0.2) is 0 Å². The Morgan fingerprint density at radius 3 is 2.67 bits per heavy atom. The number of methoxy groups -OCH3 is 1. The summed E-state index contributed by atoms with van der Waals surface area (Å²) in [6.45, 7) is 7.61. The summed E-state index contributed by atoms with van der Waals surface area (Å²) in [6.07, 6.45) is 1.43. The van der Waals surface area contributed by atoms with Gasteiger partial charge in [0.25, 0.3) is 0 Å². The van der Waals surface area contributed by atoms with Crippen LogP contribution in [0.1, 0.15) is 39.2 Å². The Kier molecular flexibility index (Phi) is 6.04. The molecule has 1 aromatic rings. The number of hydrogen-bond acceptors (Lipinski definition) is 3. The molecule has 5 nitrogen and oxygen atoms in total. The summed E-state index contributed by atoms with van der Waals surface area (Å²) in [4.78, 5) is 14.2. The Labute approximate surface area is 149 Å². The Morgan fingerprint density at radius 2 is 2.08 bits per heavy atom. The van der Waals surface area contributed by atoms with Crippen LogP contribution in [0.4, 0.5) is 0 Å². The maximum atomic E-state index is 12.1. The molecule has 2 N–H and O–H groups in total. The second-order valence-corrected chi connectivity index (χ2v) is 7.32. The summed E-state index contributed by atoms with van der Waals surface area (Å²) < 4.78 is 5.12. The monoisotopic (exact) mass is 349 g/mol. The molecule has 1 aromatic carbocycles. The average Bonchev–Trinajstić information content (AvgIpc) is 2.51. The summed E-state index contributed by atoms with van der Waals surface area (Å²) in [7, 11) is 1.64. The molecule has 0 saturated carbocycles. The molecule has 2 rings (SSSR count). The highest BCUT2D eigenvalue weighted by Crippen LogP contribution is 2.22. The van der Waals surface area contributed by atoms with E-state index in [-0.39, 0.29) is 11.4 Å². The molecule has 0 aliphatic carbocycles. The molecule has 1 atom stereocenters. The third kappa shape index (κ3) is 5.09. The fraction of sp³-hybridized carbons (Fsp3) is 0.556. The summed E-state index contributed by atoms with van der Waals surface area (Å²) in [5.41, 5.74) is 1.07. The first-order chi connectivity index (χ1) is 11.3. The van der Waals surface area contributed by atoms with Crippen molar-refractivity contribution in [2.24, 2.45) is 0 Å². The summed E-state index contributed by atoms with van der Waals surface area (Å²) in [5, 5.41) is 7.03. The van der Waals surface area contributed by atoms with Gasteiger partial charge in [0, 0.05) is 31.1 Å². The number of carbonyl (C=O) groups is 1. The van der Waals surface area contributed by atoms with Gasteiger partial charge in [-0.05, 0) is 57.1 Å². The van der Waals surface area contributed by atoms with Gasteiger partial charge < -0.3 is 20.3 Å². The van der Waals surface area contributed by atoms with E-state index in [0.29, 0.717) is 25.6 Å². The lowest BCUT2D eigenvalue weighted by atomic mass is 9.93. The predicted molar refractivity (Wildman–Crippen MR) is 100 cm³/mol. The third-order valence-corrected chi connectivity index (χ3v) is 4.61. The minimum Gasteiger partial charge on any atom is -0.497 e. The molecular formula is C18H27N3O2S. The van der Waals surface area contributed by atoms with Crippen LogP contribution in [0, 0.1) is 0 Å². The predicted octanol–water partition coefficient (Wildman–Crippen LogP) is 2.45. The van der Waals surface area contributed by atoms with Gasteiger partial charge in [0.1, 0.15) is 5.75 Å². The van der Waals surface area contributed by atoms with Crippen molar-refractivity contribution in [1.82, 2.24) is 15.5 Å². The topological polar surface area (TPSA) is 53.6 Å². The average molecular weight is 350 g/mol. The van der Waals surface area contributed by atoms with Crippen LogP contribution in [0.15, 0.2) is 24.3 Å². The molecule has 132 valence electrons. The van der Waals surface area contributed by atoms with Crippen molar-refractivity contribution >= 4 is 23.2 Å². The number of rotatable bonds is 6. The molecule has 0 bridgehead atoms. The summed E-state index contributed by atoms with van der Waals surface area (Å²) in [5.74, 6) is 0.846. The number of thiocarbonyl (C=S) groups is 1. The van der Waals surface area contributed by atoms with Gasteiger partial charge in [-0.15, -0.1) is 0 Å². The van der Waals surface area contributed by atoms with Crippen LogP contribution in [-0.4, -0.2) is 41.2 Å². The quantitative estimate of drug-likeness (QED) is 0.773. The molecule has 1 fully saturated rings. The molecule has 0 unspecified atom stereocenters. The first-order valence-electron chi connectivity index (χ1n) is 8.29. The Bertz CT molecular complexity index is 586. The third-order valence-electron chi connectivity index (χ3n) is 4.27. The van der Waals surface area contributed by atoms with Crippen LogP contribution >= 0.6 is 12.2 Å². The van der Waals surface area contributed by atoms with Gasteiger partial charge in [0.05, 0.1) is 7.11 Å². The van der Waals surface area contributed by atoms with E-state index < -0.39 is 0 Å². The highest BCUT2D eigenvalue weighted by atomic mass is 32.1. The number of hydrogen-bond donors (Lipinski definition) is 2. The smallest absolute Gasteiger partial charge is 0.222 e. The lowest BCUT2D eigenvalue weighted by Crippen LogP contribution is -2.60. The fourth-order valence-electron chi connectivity index (χ4n) is 3.04. The van der Waals surface area contributed by atoms with E-state index in [2.05, 4.69) is 36.3 Å². The molecule has 0 aromatic heterocycles. The normalized spacial score (nSPS) is 19.6. The minimum absolute atomic E-state index is 0.0175. The zero-order chi connectivity index (χ0) is 17.7. The summed E-state index contributed by atoms with van der Waals surface area (Å²) >= 11 is 5.44. The SMILES string of the molecule is COc1ccc(CNC(=O)CCN2C(=S)NC(C)(C)C[C@H]2C)cc1. The molecule has 1 amide bonds. The van der Waals surface area contributed by atoms with E-state index in [0.717, 1.165) is 22.8 Å². The van der Waals surface area contributed by atoms with E-state index in [1.807, 2.05) is 24.3 Å². The first kappa shape index (κ1) is 18.5. The molecular weight excluding hydrogens is 322 g/mol. The Morgan fingerprint density at radius 1 is 1.42 bits per heavy atom. The van der Waals surface area contributed by atoms with Crippen molar-refractivity contribution in [3.63, 3.8) is 0 Å². The van der Waals surface area contributed by atoms with E-state index in [9.17, 15) is 4.79 Å². The Hall–Kier alpha value is -1.82. The molecule has 0 radical (unpaired) electrons. The summed E-state index contributed by atoms with van der Waals surface area (Å²) in [6, 6.07) is 8.02. The van der Waals surface area contributed by atoms with Crippen molar-refractivity contribution in [1.29, 1.82) is 0 Å². The van der Waals surface area contributed by atoms with Crippen molar-refractivity contribution in [2.75, 3.05) is 13.7 Å². The highest BCUT2D eigenvalue weighted by Gasteiger charge is 2.32. The van der Waals surface area contributed by atoms with Gasteiger partial charge in [-0.2, -0.15) is 0 Å². The van der Waals surface area contributed by atoms with Crippen LogP contribution in [0.25, 0.3) is 0 Å². The first-order valence-corrected chi connectivity index (χ1v) is 8.70. The molecule has 1 heterocycles. The molecule has 0 spiro atoms. The number of nitrogens with one attached hydrogen (secondary N) is 2. The molecule has 1 aliphatic rings. The number of benzene rings is 1. The lowest BCUT2D eigenvalue weighted by molar-refractivity contribution is -0.121. The minimum atomic E-state index is 0.0175. The Balaban J connectivity index is 1.77. The second-order valence-electron chi connectivity index (χ2n) is 6.94. The number of carbonyl (C=O) groups excluding carboxylic acids is 1. The van der Waals surface area contributed by atoms with Crippen molar-refractivity contribution in [3.8, 4) is 5.75 Å². The van der Waals surface area contributed by atoms with Crippen molar-refractivity contribution in [3.05, 3.63) is 29.8 Å². The maximum absolute atomic E-state index is 12.1. The van der Waals surface area contributed by atoms with Gasteiger partial charge in [0.2, 0.25) is 5.91 Å². The number of amides is 1. The van der Waals surface area contributed by atoms with Gasteiger partial charge >= 0.3 is 0 Å². The zero-order valence-electron chi connectivity index (χ0n) is 14.9. The fourth-order valence-corrected chi connectivity index (χ4v) is 3.59. The van der Waals surface area contributed by atoms with Gasteiger partial charge in [-0.3, -0.25) is 4.79 Å². The van der Waals surface area contributed by atoms with E-state index in [4.69, 9.17) is 17.0 Å². The van der Waals surface area contributed by atoms with Gasteiger partial charge in [0.15, 0.2) is 5.11 Å². The van der Waals surface area contributed by atoms with E-state index >= 15 is 0 Å². The standard InChI is InChI=1S/C18H27N3O2S/c1-13-11-18(2,3)20-17(24)21(13)10-9-16(22)19-12-14-5-7-15(23-4)8-6-14/h5-8,13H,9-12H2,1-4H3,(H,19,22)(H,20,24)/t13-/m1/s1. The molecule has 6 heteroatoms. The van der Waals surface area contributed by atoms with Crippen LogP contribution in [-0.2, 0) is 11.3 Å². The van der Waals surface area contributed by atoms with Crippen molar-refractivity contribution < 1.29 is 9.53 Å². The van der Waals surface area contributed by atoms with Crippen LogP contribution in [0.5, 0.6) is 5.75 Å². The maximum Gasteiger partial charge on any atom is 0.222 e. The second kappa shape index (κ2) is 7.83. The van der Waals surface area contributed by atoms with Crippen LogP contribution < -0.4 is 15.4 Å². The largest absolute Gasteiger partial charge is 0.497 e. The molecule has 1 aliphatic heterocycles. The number of nitrogens with zero attached hydrogens (tertiary/aromatic N) is 1. The van der Waals surface area contributed by atoms with Crippen LogP contribution in [0.3, 0.4) is 0 Å². The highest BCUT2D eigenvalue weighted by molar-refractivity contribution is 7.80. The molecule has 1 saturated heterocycles. The zero-order valence-corrected chi connectivity index (χ0v) is 15.7. The molecule has 24 heavy (non-hydrogen) atoms. The van der Waals surface area contributed by atoms with E-state index in [1.54, 1.807) is 7.11 Å².